The summed E-state index contributed by atoms with van der Waals surface area (Å²) in [6, 6.07) is 0.655. The van der Waals surface area contributed by atoms with Crippen molar-refractivity contribution in [3.05, 3.63) is 0 Å². The number of hydrogen-bond acceptors (Lipinski definition) is 4. The number of hydrogen-bond donors (Lipinski definition) is 1. The molecule has 0 spiro atoms. The van der Waals surface area contributed by atoms with Gasteiger partial charge in [-0.05, 0) is 38.6 Å². The Morgan fingerprint density at radius 2 is 2.00 bits per heavy atom. The first-order valence-electron chi connectivity index (χ1n) is 6.95. The van der Waals surface area contributed by atoms with Crippen LogP contribution < -0.4 is 5.32 Å². The largest absolute Gasteiger partial charge is 0.381 e. The zero-order valence-corrected chi connectivity index (χ0v) is 10.7. The van der Waals surface area contributed by atoms with Gasteiger partial charge in [0.25, 0.3) is 0 Å². The molecule has 0 aromatic carbocycles. The molecule has 100 valence electrons. The van der Waals surface area contributed by atoms with E-state index < -0.39 is 0 Å². The summed E-state index contributed by atoms with van der Waals surface area (Å²) in [6.45, 7) is 5.41. The van der Waals surface area contributed by atoms with Crippen LogP contribution >= 0.6 is 0 Å². The average molecular weight is 243 g/mol. The van der Waals surface area contributed by atoms with Crippen molar-refractivity contribution in [3.63, 3.8) is 0 Å². The van der Waals surface area contributed by atoms with Crippen LogP contribution in [0.4, 0.5) is 0 Å². The fourth-order valence-corrected chi connectivity index (χ4v) is 2.37. The summed E-state index contributed by atoms with van der Waals surface area (Å²) in [5, 5.41) is 3.56. The molecular formula is C13H25NO3. The van der Waals surface area contributed by atoms with E-state index in [1.165, 1.54) is 12.8 Å². The minimum Gasteiger partial charge on any atom is -0.381 e. The highest BCUT2D eigenvalue weighted by Crippen LogP contribution is 2.11. The van der Waals surface area contributed by atoms with Gasteiger partial charge in [-0.3, -0.25) is 0 Å². The van der Waals surface area contributed by atoms with E-state index in [1.54, 1.807) is 0 Å². The predicted molar refractivity (Wildman–Crippen MR) is 66.3 cm³/mol. The fraction of sp³-hybridized carbons (Fsp3) is 1.00. The Morgan fingerprint density at radius 3 is 2.76 bits per heavy atom. The lowest BCUT2D eigenvalue weighted by Crippen LogP contribution is -2.35. The van der Waals surface area contributed by atoms with Gasteiger partial charge in [-0.25, -0.2) is 0 Å². The molecule has 2 heterocycles. The van der Waals surface area contributed by atoms with Gasteiger partial charge >= 0.3 is 0 Å². The first kappa shape index (κ1) is 13.3. The maximum absolute atomic E-state index is 5.62. The Hall–Kier alpha value is -0.160. The zero-order valence-electron chi connectivity index (χ0n) is 10.7. The summed E-state index contributed by atoms with van der Waals surface area (Å²) in [5.41, 5.74) is 0. The van der Waals surface area contributed by atoms with Crippen molar-refractivity contribution in [2.75, 3.05) is 39.6 Å². The van der Waals surface area contributed by atoms with E-state index in [4.69, 9.17) is 14.2 Å². The summed E-state index contributed by atoms with van der Waals surface area (Å²) in [5.74, 6) is 0. The van der Waals surface area contributed by atoms with Crippen molar-refractivity contribution in [1.82, 2.24) is 5.32 Å². The van der Waals surface area contributed by atoms with Gasteiger partial charge in [0.05, 0.1) is 12.7 Å². The minimum absolute atomic E-state index is 0.360. The number of ether oxygens (including phenoxy) is 3. The molecule has 2 saturated heterocycles. The SMILES string of the molecule is C(CNC1CCOCC1)COCC1CCCO1. The quantitative estimate of drug-likeness (QED) is 0.685. The van der Waals surface area contributed by atoms with Gasteiger partial charge in [0.15, 0.2) is 0 Å². The highest BCUT2D eigenvalue weighted by Gasteiger charge is 2.15. The molecule has 1 N–H and O–H groups in total. The lowest BCUT2D eigenvalue weighted by molar-refractivity contribution is 0.0161. The summed E-state index contributed by atoms with van der Waals surface area (Å²) in [6.07, 6.45) is 6.11. The first-order valence-corrected chi connectivity index (χ1v) is 6.95. The lowest BCUT2D eigenvalue weighted by atomic mass is 10.1. The number of rotatable bonds is 7. The van der Waals surface area contributed by atoms with E-state index in [0.29, 0.717) is 12.1 Å². The van der Waals surface area contributed by atoms with Crippen molar-refractivity contribution in [2.24, 2.45) is 0 Å². The van der Waals surface area contributed by atoms with Gasteiger partial charge in [0.1, 0.15) is 0 Å². The highest BCUT2D eigenvalue weighted by atomic mass is 16.5. The minimum atomic E-state index is 0.360. The summed E-state index contributed by atoms with van der Waals surface area (Å²) in [7, 11) is 0. The van der Waals surface area contributed by atoms with Crippen molar-refractivity contribution in [1.29, 1.82) is 0 Å². The van der Waals surface area contributed by atoms with Gasteiger partial charge in [0.2, 0.25) is 0 Å². The lowest BCUT2D eigenvalue weighted by Gasteiger charge is -2.23. The zero-order chi connectivity index (χ0) is 11.8. The van der Waals surface area contributed by atoms with Crippen molar-refractivity contribution in [2.45, 2.75) is 44.2 Å². The molecule has 0 aromatic rings. The Labute approximate surface area is 104 Å². The first-order chi connectivity index (χ1) is 8.45. The third kappa shape index (κ3) is 5.34. The second kappa shape index (κ2) is 8.03. The van der Waals surface area contributed by atoms with Crippen LogP contribution in [0.2, 0.25) is 0 Å². The Bertz CT molecular complexity index is 189. The molecule has 0 amide bonds. The Balaban J connectivity index is 1.38. The van der Waals surface area contributed by atoms with Gasteiger partial charge in [0, 0.05) is 32.5 Å². The topological polar surface area (TPSA) is 39.7 Å². The van der Waals surface area contributed by atoms with Gasteiger partial charge in [-0.1, -0.05) is 0 Å². The molecule has 2 fully saturated rings. The third-order valence-corrected chi connectivity index (χ3v) is 3.45. The van der Waals surface area contributed by atoms with Crippen LogP contribution in [-0.4, -0.2) is 51.7 Å². The Kier molecular flexibility index (Phi) is 6.27. The third-order valence-electron chi connectivity index (χ3n) is 3.45. The summed E-state index contributed by atoms with van der Waals surface area (Å²) < 4.78 is 16.4. The standard InChI is InChI=1S/C13H25NO3/c1-3-13(17-8-1)11-16-7-2-6-14-12-4-9-15-10-5-12/h12-14H,1-11H2. The van der Waals surface area contributed by atoms with Crippen LogP contribution in [0.15, 0.2) is 0 Å². The molecule has 0 saturated carbocycles. The molecule has 1 unspecified atom stereocenters. The van der Waals surface area contributed by atoms with Gasteiger partial charge in [-0.2, -0.15) is 0 Å². The molecule has 0 bridgehead atoms. The van der Waals surface area contributed by atoms with E-state index in [-0.39, 0.29) is 0 Å². The number of nitrogens with one attached hydrogen (secondary N) is 1. The van der Waals surface area contributed by atoms with Crippen molar-refractivity contribution in [3.8, 4) is 0 Å². The predicted octanol–water partition coefficient (Wildman–Crippen LogP) is 1.34. The van der Waals surface area contributed by atoms with E-state index in [9.17, 15) is 0 Å². The molecule has 2 aliphatic heterocycles. The molecular weight excluding hydrogens is 218 g/mol. The molecule has 4 heteroatoms. The van der Waals surface area contributed by atoms with Crippen LogP contribution in [0, 0.1) is 0 Å². The summed E-state index contributed by atoms with van der Waals surface area (Å²) >= 11 is 0. The van der Waals surface area contributed by atoms with E-state index in [2.05, 4.69) is 5.32 Å². The van der Waals surface area contributed by atoms with Gasteiger partial charge in [-0.15, -0.1) is 0 Å². The van der Waals surface area contributed by atoms with Crippen LogP contribution in [0.1, 0.15) is 32.1 Å². The average Bonchev–Trinajstić information content (AvgIpc) is 2.88. The fourth-order valence-electron chi connectivity index (χ4n) is 2.37. The maximum Gasteiger partial charge on any atom is 0.0809 e. The normalized spacial score (nSPS) is 26.5. The van der Waals surface area contributed by atoms with Crippen LogP contribution in [-0.2, 0) is 14.2 Å². The van der Waals surface area contributed by atoms with Crippen molar-refractivity contribution >= 4 is 0 Å². The molecule has 2 aliphatic rings. The molecule has 0 aliphatic carbocycles. The van der Waals surface area contributed by atoms with Crippen LogP contribution in [0.3, 0.4) is 0 Å². The molecule has 2 rings (SSSR count). The van der Waals surface area contributed by atoms with E-state index >= 15 is 0 Å². The second-order valence-electron chi connectivity index (χ2n) is 4.90. The molecule has 17 heavy (non-hydrogen) atoms. The highest BCUT2D eigenvalue weighted by molar-refractivity contribution is 4.69. The van der Waals surface area contributed by atoms with Crippen LogP contribution in [0.25, 0.3) is 0 Å². The monoisotopic (exact) mass is 243 g/mol. The smallest absolute Gasteiger partial charge is 0.0809 e. The molecule has 0 aromatic heterocycles. The maximum atomic E-state index is 5.62. The molecule has 4 nitrogen and oxygen atoms in total. The van der Waals surface area contributed by atoms with E-state index in [1.807, 2.05) is 0 Å². The Morgan fingerprint density at radius 1 is 1.12 bits per heavy atom. The summed E-state index contributed by atoms with van der Waals surface area (Å²) in [4.78, 5) is 0. The molecule has 0 radical (unpaired) electrons. The second-order valence-corrected chi connectivity index (χ2v) is 4.90. The van der Waals surface area contributed by atoms with Crippen LogP contribution in [0.5, 0.6) is 0 Å². The van der Waals surface area contributed by atoms with E-state index in [0.717, 1.165) is 58.8 Å². The molecule has 1 atom stereocenters. The van der Waals surface area contributed by atoms with Crippen molar-refractivity contribution < 1.29 is 14.2 Å². The van der Waals surface area contributed by atoms with Gasteiger partial charge < -0.3 is 19.5 Å².